The van der Waals surface area contributed by atoms with Crippen molar-refractivity contribution < 1.29 is 9.90 Å². The first kappa shape index (κ1) is 13.6. The van der Waals surface area contributed by atoms with E-state index in [-0.39, 0.29) is 18.1 Å². The smallest absolute Gasteiger partial charge is 0.261 e. The van der Waals surface area contributed by atoms with Gasteiger partial charge in [0, 0.05) is 0 Å². The lowest BCUT2D eigenvalue weighted by Crippen LogP contribution is -2.42. The fraction of sp³-hybridized carbons (Fsp3) is 0.643. The Labute approximate surface area is 112 Å². The van der Waals surface area contributed by atoms with Gasteiger partial charge in [-0.1, -0.05) is 26.2 Å². The van der Waals surface area contributed by atoms with Gasteiger partial charge in [-0.2, -0.15) is 0 Å². The number of thiophene rings is 1. The van der Waals surface area contributed by atoms with Gasteiger partial charge in [0.1, 0.15) is 0 Å². The van der Waals surface area contributed by atoms with E-state index in [1.807, 2.05) is 11.4 Å². The maximum atomic E-state index is 12.2. The summed E-state index contributed by atoms with van der Waals surface area (Å²) in [6, 6.07) is 1.93. The standard InChI is InChI=1S/C14H21NO2S/c1-2-10-8-9-18-13(10)14(17)15-11-6-4-3-5-7-12(11)16/h8-9,11-12,16H,2-7H2,1H3,(H,15,17). The predicted octanol–water partition coefficient (Wildman–Crippen LogP) is 2.73. The van der Waals surface area contributed by atoms with E-state index in [4.69, 9.17) is 0 Å². The van der Waals surface area contributed by atoms with Crippen LogP contribution in [0.25, 0.3) is 0 Å². The van der Waals surface area contributed by atoms with Crippen molar-refractivity contribution in [3.05, 3.63) is 21.9 Å². The van der Waals surface area contributed by atoms with Gasteiger partial charge in [-0.05, 0) is 36.3 Å². The third-order valence-electron chi connectivity index (χ3n) is 3.63. The van der Waals surface area contributed by atoms with E-state index >= 15 is 0 Å². The van der Waals surface area contributed by atoms with Crippen LogP contribution in [0.4, 0.5) is 0 Å². The molecule has 0 saturated heterocycles. The Morgan fingerprint density at radius 2 is 2.22 bits per heavy atom. The first-order valence-corrected chi connectivity index (χ1v) is 7.65. The molecule has 2 rings (SSSR count). The summed E-state index contributed by atoms with van der Waals surface area (Å²) >= 11 is 1.48. The van der Waals surface area contributed by atoms with Crippen LogP contribution in [-0.2, 0) is 6.42 Å². The molecule has 0 spiro atoms. The molecule has 100 valence electrons. The molecule has 1 aromatic rings. The zero-order chi connectivity index (χ0) is 13.0. The van der Waals surface area contributed by atoms with Crippen LogP contribution >= 0.6 is 11.3 Å². The minimum absolute atomic E-state index is 0.0206. The van der Waals surface area contributed by atoms with Crippen LogP contribution in [0.1, 0.15) is 54.3 Å². The number of hydrogen-bond donors (Lipinski definition) is 2. The minimum atomic E-state index is -0.388. The molecule has 3 nitrogen and oxygen atoms in total. The van der Waals surface area contributed by atoms with Gasteiger partial charge in [0.05, 0.1) is 17.0 Å². The van der Waals surface area contributed by atoms with Gasteiger partial charge in [-0.25, -0.2) is 0 Å². The monoisotopic (exact) mass is 267 g/mol. The van der Waals surface area contributed by atoms with Crippen molar-refractivity contribution in [3.63, 3.8) is 0 Å². The van der Waals surface area contributed by atoms with Crippen molar-refractivity contribution in [2.24, 2.45) is 0 Å². The average molecular weight is 267 g/mol. The Balaban J connectivity index is 2.01. The molecule has 1 aromatic heterocycles. The molecule has 1 saturated carbocycles. The zero-order valence-corrected chi connectivity index (χ0v) is 11.6. The number of nitrogens with one attached hydrogen (secondary N) is 1. The van der Waals surface area contributed by atoms with E-state index in [1.54, 1.807) is 0 Å². The average Bonchev–Trinajstić information content (AvgIpc) is 2.76. The summed E-state index contributed by atoms with van der Waals surface area (Å²) < 4.78 is 0. The summed E-state index contributed by atoms with van der Waals surface area (Å²) in [4.78, 5) is 13.0. The highest BCUT2D eigenvalue weighted by atomic mass is 32.1. The van der Waals surface area contributed by atoms with Crippen molar-refractivity contribution in [2.45, 2.75) is 57.6 Å². The molecular formula is C14H21NO2S. The quantitative estimate of drug-likeness (QED) is 0.827. The molecule has 1 heterocycles. The number of amides is 1. The van der Waals surface area contributed by atoms with E-state index in [0.717, 1.165) is 49.0 Å². The number of aliphatic hydroxyl groups is 1. The molecular weight excluding hydrogens is 246 g/mol. The first-order chi connectivity index (χ1) is 8.72. The highest BCUT2D eigenvalue weighted by molar-refractivity contribution is 7.12. The van der Waals surface area contributed by atoms with Gasteiger partial charge in [-0.3, -0.25) is 4.79 Å². The molecule has 2 N–H and O–H groups in total. The zero-order valence-electron chi connectivity index (χ0n) is 10.8. The van der Waals surface area contributed by atoms with Gasteiger partial charge in [0.25, 0.3) is 5.91 Å². The van der Waals surface area contributed by atoms with Crippen molar-refractivity contribution in [1.29, 1.82) is 0 Å². The molecule has 2 atom stereocenters. The fourth-order valence-corrected chi connectivity index (χ4v) is 3.40. The lowest BCUT2D eigenvalue weighted by molar-refractivity contribution is 0.0821. The van der Waals surface area contributed by atoms with E-state index in [1.165, 1.54) is 11.3 Å². The van der Waals surface area contributed by atoms with Crippen molar-refractivity contribution in [1.82, 2.24) is 5.32 Å². The normalized spacial score (nSPS) is 24.6. The Hall–Kier alpha value is -0.870. The van der Waals surface area contributed by atoms with Crippen LogP contribution in [0.5, 0.6) is 0 Å². The van der Waals surface area contributed by atoms with E-state index in [2.05, 4.69) is 12.2 Å². The van der Waals surface area contributed by atoms with Crippen LogP contribution in [0.3, 0.4) is 0 Å². The highest BCUT2D eigenvalue weighted by Crippen LogP contribution is 2.21. The summed E-state index contributed by atoms with van der Waals surface area (Å²) in [5.41, 5.74) is 1.10. The lowest BCUT2D eigenvalue weighted by atomic mass is 10.1. The molecule has 0 bridgehead atoms. The molecule has 0 aromatic carbocycles. The maximum Gasteiger partial charge on any atom is 0.261 e. The van der Waals surface area contributed by atoms with Gasteiger partial charge in [-0.15, -0.1) is 11.3 Å². The van der Waals surface area contributed by atoms with E-state index < -0.39 is 0 Å². The largest absolute Gasteiger partial charge is 0.391 e. The molecule has 1 amide bonds. The second kappa shape index (κ2) is 6.34. The van der Waals surface area contributed by atoms with Crippen molar-refractivity contribution in [2.75, 3.05) is 0 Å². The topological polar surface area (TPSA) is 49.3 Å². The fourth-order valence-electron chi connectivity index (χ4n) is 2.50. The predicted molar refractivity (Wildman–Crippen MR) is 74.0 cm³/mol. The molecule has 0 aliphatic heterocycles. The number of aliphatic hydroxyl groups excluding tert-OH is 1. The Morgan fingerprint density at radius 1 is 1.44 bits per heavy atom. The third kappa shape index (κ3) is 3.12. The van der Waals surface area contributed by atoms with Crippen molar-refractivity contribution in [3.8, 4) is 0 Å². The Morgan fingerprint density at radius 3 is 3.00 bits per heavy atom. The van der Waals surface area contributed by atoms with Crippen LogP contribution in [-0.4, -0.2) is 23.2 Å². The Kier molecular flexibility index (Phi) is 4.78. The number of aryl methyl sites for hydroxylation is 1. The highest BCUT2D eigenvalue weighted by Gasteiger charge is 2.24. The minimum Gasteiger partial charge on any atom is -0.391 e. The van der Waals surface area contributed by atoms with Gasteiger partial charge >= 0.3 is 0 Å². The molecule has 0 radical (unpaired) electrons. The Bertz CT molecular complexity index is 402. The summed E-state index contributed by atoms with van der Waals surface area (Å²) in [7, 11) is 0. The van der Waals surface area contributed by atoms with Gasteiger partial charge in [0.15, 0.2) is 0 Å². The molecule has 18 heavy (non-hydrogen) atoms. The van der Waals surface area contributed by atoms with Crippen LogP contribution < -0.4 is 5.32 Å². The molecule has 1 aliphatic carbocycles. The van der Waals surface area contributed by atoms with Crippen LogP contribution in [0.15, 0.2) is 11.4 Å². The summed E-state index contributed by atoms with van der Waals surface area (Å²) in [6.45, 7) is 2.05. The SMILES string of the molecule is CCc1ccsc1C(=O)NC1CCCCCC1O. The number of carbonyl (C=O) groups excluding carboxylic acids is 1. The molecule has 2 unspecified atom stereocenters. The summed E-state index contributed by atoms with van der Waals surface area (Å²) in [5.74, 6) is -0.0206. The molecule has 1 fully saturated rings. The van der Waals surface area contributed by atoms with Crippen molar-refractivity contribution >= 4 is 17.2 Å². The van der Waals surface area contributed by atoms with Gasteiger partial charge < -0.3 is 10.4 Å². The summed E-state index contributed by atoms with van der Waals surface area (Å²) in [6.07, 6.45) is 5.49. The van der Waals surface area contributed by atoms with Gasteiger partial charge in [0.2, 0.25) is 0 Å². The van der Waals surface area contributed by atoms with Crippen LogP contribution in [0.2, 0.25) is 0 Å². The molecule has 1 aliphatic rings. The number of rotatable bonds is 3. The number of carbonyl (C=O) groups is 1. The second-order valence-electron chi connectivity index (χ2n) is 4.91. The summed E-state index contributed by atoms with van der Waals surface area (Å²) in [5, 5.41) is 15.0. The van der Waals surface area contributed by atoms with Crippen LogP contribution in [0, 0.1) is 0 Å². The van der Waals surface area contributed by atoms with E-state index in [0.29, 0.717) is 0 Å². The number of hydrogen-bond acceptors (Lipinski definition) is 3. The molecule has 4 heteroatoms. The lowest BCUT2D eigenvalue weighted by Gasteiger charge is -2.21. The maximum absolute atomic E-state index is 12.2. The first-order valence-electron chi connectivity index (χ1n) is 6.77. The third-order valence-corrected chi connectivity index (χ3v) is 4.59. The van der Waals surface area contributed by atoms with E-state index in [9.17, 15) is 9.90 Å². The second-order valence-corrected chi connectivity index (χ2v) is 5.83.